The van der Waals surface area contributed by atoms with Crippen LogP contribution in [0.3, 0.4) is 0 Å². The van der Waals surface area contributed by atoms with Crippen molar-refractivity contribution in [1.82, 2.24) is 19.8 Å². The van der Waals surface area contributed by atoms with Crippen LogP contribution in [0.4, 0.5) is 4.39 Å². The highest BCUT2D eigenvalue weighted by Gasteiger charge is 2.40. The Morgan fingerprint density at radius 1 is 0.886 bits per heavy atom. The van der Waals surface area contributed by atoms with Gasteiger partial charge in [0.25, 0.3) is 0 Å². The van der Waals surface area contributed by atoms with Crippen molar-refractivity contribution in [2.45, 2.75) is 31.1 Å². The second-order valence-electron chi connectivity index (χ2n) is 9.48. The number of carbonyl (C=O) groups is 2. The summed E-state index contributed by atoms with van der Waals surface area (Å²) >= 11 is 0. The minimum Gasteiger partial charge on any atom is -0.361 e. The smallest absolute Gasteiger partial charge is 0.237 e. The molecule has 2 aromatic carbocycles. The number of para-hydroxylation sites is 1. The topological polar surface area (TPSA) is 72.2 Å². The lowest BCUT2D eigenvalue weighted by molar-refractivity contribution is -0.138. The minimum atomic E-state index is -0.406. The summed E-state index contributed by atoms with van der Waals surface area (Å²) in [4.78, 5) is 36.1. The highest BCUT2D eigenvalue weighted by Crippen LogP contribution is 2.35. The lowest BCUT2D eigenvalue weighted by Gasteiger charge is -2.32. The molecule has 2 saturated heterocycles. The first-order valence-electron chi connectivity index (χ1n) is 12.0. The molecule has 0 bridgehead atoms. The summed E-state index contributed by atoms with van der Waals surface area (Å²) < 4.78 is 13.7. The number of aromatic amines is 2. The third kappa shape index (κ3) is 4.23. The second-order valence-corrected chi connectivity index (χ2v) is 9.48. The molecule has 2 amide bonds. The van der Waals surface area contributed by atoms with Gasteiger partial charge in [-0.2, -0.15) is 0 Å². The third-order valence-corrected chi connectivity index (χ3v) is 7.58. The first-order chi connectivity index (χ1) is 16.6. The van der Waals surface area contributed by atoms with Crippen molar-refractivity contribution in [3.63, 3.8) is 0 Å². The van der Waals surface area contributed by atoms with Crippen LogP contribution in [0.5, 0.6) is 0 Å². The van der Waals surface area contributed by atoms with Crippen LogP contribution in [-0.2, 0) is 9.59 Å². The molecule has 2 fully saturated rings. The van der Waals surface area contributed by atoms with Gasteiger partial charge in [-0.05, 0) is 67.2 Å². The summed E-state index contributed by atoms with van der Waals surface area (Å²) in [6.07, 6.45) is 6.06. The summed E-state index contributed by atoms with van der Waals surface area (Å²) in [5.74, 6) is -0.414. The fraction of sp³-hybridized carbons (Fsp3) is 0.333. The molecule has 4 heterocycles. The van der Waals surface area contributed by atoms with E-state index in [0.717, 1.165) is 53.3 Å². The van der Waals surface area contributed by atoms with E-state index in [0.29, 0.717) is 19.0 Å². The number of hydrogen-bond acceptors (Lipinski definition) is 3. The van der Waals surface area contributed by atoms with Crippen LogP contribution in [0.2, 0.25) is 0 Å². The lowest BCUT2D eigenvalue weighted by Crippen LogP contribution is -2.41. The Labute approximate surface area is 208 Å². The molecular weight excluding hydrogens is 467 g/mol. The monoisotopic (exact) mass is 494 g/mol. The highest BCUT2D eigenvalue weighted by atomic mass is 35.5. The number of hydrogen-bond donors (Lipinski definition) is 2. The van der Waals surface area contributed by atoms with E-state index in [9.17, 15) is 14.0 Å². The highest BCUT2D eigenvalue weighted by molar-refractivity contribution is 6.08. The molecule has 2 aliphatic heterocycles. The first-order valence-corrected chi connectivity index (χ1v) is 12.0. The van der Waals surface area contributed by atoms with Gasteiger partial charge in [0.05, 0.1) is 5.92 Å². The molecule has 6 nitrogen and oxygen atoms in total. The predicted molar refractivity (Wildman–Crippen MR) is 136 cm³/mol. The van der Waals surface area contributed by atoms with Gasteiger partial charge in [-0.1, -0.05) is 18.2 Å². The molecule has 35 heavy (non-hydrogen) atoms. The van der Waals surface area contributed by atoms with Gasteiger partial charge in [0.1, 0.15) is 5.82 Å². The Balaban J connectivity index is 0.00000253. The molecule has 1 unspecified atom stereocenters. The molecule has 1 atom stereocenters. The normalized spacial score (nSPS) is 19.7. The molecule has 0 aliphatic carbocycles. The van der Waals surface area contributed by atoms with Crippen LogP contribution in [0, 0.1) is 5.82 Å². The maximum absolute atomic E-state index is 13.7. The zero-order valence-corrected chi connectivity index (χ0v) is 20.1. The van der Waals surface area contributed by atoms with Gasteiger partial charge in [-0.3, -0.25) is 14.5 Å². The van der Waals surface area contributed by atoms with Crippen molar-refractivity contribution in [3.8, 4) is 0 Å². The number of halogens is 2. The largest absolute Gasteiger partial charge is 0.361 e. The van der Waals surface area contributed by atoms with E-state index in [2.05, 4.69) is 14.9 Å². The molecule has 2 aliphatic rings. The molecule has 2 N–H and O–H groups in total. The van der Waals surface area contributed by atoms with Crippen molar-refractivity contribution in [1.29, 1.82) is 0 Å². The van der Waals surface area contributed by atoms with Gasteiger partial charge in [-0.25, -0.2) is 4.39 Å². The van der Waals surface area contributed by atoms with E-state index >= 15 is 0 Å². The molecular formula is C27H28ClFN4O2. The number of carbonyl (C=O) groups excluding carboxylic acids is 2. The Morgan fingerprint density at radius 3 is 2.40 bits per heavy atom. The van der Waals surface area contributed by atoms with Gasteiger partial charge in [0, 0.05) is 53.7 Å². The van der Waals surface area contributed by atoms with Crippen LogP contribution in [-0.4, -0.2) is 57.8 Å². The van der Waals surface area contributed by atoms with Gasteiger partial charge in [0.15, 0.2) is 0 Å². The molecule has 4 aromatic rings. The number of nitrogens with zero attached hydrogens (tertiary/aromatic N) is 2. The zero-order valence-electron chi connectivity index (χ0n) is 19.3. The van der Waals surface area contributed by atoms with Gasteiger partial charge in [0.2, 0.25) is 11.8 Å². The maximum Gasteiger partial charge on any atom is 0.237 e. The van der Waals surface area contributed by atoms with Crippen LogP contribution in [0.25, 0.3) is 21.8 Å². The molecule has 8 heteroatoms. The van der Waals surface area contributed by atoms with Crippen LogP contribution in [0.1, 0.15) is 42.2 Å². The fourth-order valence-corrected chi connectivity index (χ4v) is 5.70. The number of imide groups is 1. The summed E-state index contributed by atoms with van der Waals surface area (Å²) in [5, 5.41) is 1.98. The number of nitrogens with one attached hydrogen (secondary N) is 2. The van der Waals surface area contributed by atoms with Gasteiger partial charge < -0.3 is 14.9 Å². The number of likely N-dealkylation sites (tertiary alicyclic amines) is 2. The number of benzene rings is 2. The molecule has 2 aromatic heterocycles. The Morgan fingerprint density at radius 2 is 1.60 bits per heavy atom. The van der Waals surface area contributed by atoms with E-state index < -0.39 is 5.92 Å². The Bertz CT molecular complexity index is 1390. The fourth-order valence-electron chi connectivity index (χ4n) is 5.70. The van der Waals surface area contributed by atoms with Crippen molar-refractivity contribution < 1.29 is 14.0 Å². The summed E-state index contributed by atoms with van der Waals surface area (Å²) in [6, 6.07) is 12.8. The predicted octanol–water partition coefficient (Wildman–Crippen LogP) is 4.93. The Kier molecular flexibility index (Phi) is 6.38. The number of rotatable bonds is 5. The van der Waals surface area contributed by atoms with Gasteiger partial charge in [-0.15, -0.1) is 12.4 Å². The van der Waals surface area contributed by atoms with Crippen molar-refractivity contribution >= 4 is 46.0 Å². The summed E-state index contributed by atoms with van der Waals surface area (Å²) in [5.41, 5.74) is 4.04. The number of amides is 2. The quantitative estimate of drug-likeness (QED) is 0.386. The van der Waals surface area contributed by atoms with Crippen LogP contribution >= 0.6 is 12.4 Å². The third-order valence-electron chi connectivity index (χ3n) is 7.58. The average Bonchev–Trinajstić information content (AvgIpc) is 3.53. The number of H-pyrrole nitrogens is 2. The van der Waals surface area contributed by atoms with Crippen molar-refractivity contribution in [2.75, 3.05) is 26.2 Å². The first kappa shape index (κ1) is 23.6. The standard InChI is InChI=1S/C27H27FN4O2.ClH/c28-18-5-6-25-20(13-18)22(15-29-25)17-7-9-31(10-8-17)11-12-32-26(33)14-21(27(32)34)23-16-30-24-4-2-1-3-19(23)24;/h1-6,13,15-17,21,29-30H,7-12,14H2;1H. The SMILES string of the molecule is Cl.O=C1CC(c2c[nH]c3ccccc23)C(=O)N1CCN1CCC(c2c[nH]c3ccc(F)cc23)CC1. The average molecular weight is 495 g/mol. The molecule has 0 spiro atoms. The minimum absolute atomic E-state index is 0. The van der Waals surface area contributed by atoms with Gasteiger partial charge >= 0.3 is 0 Å². The molecule has 0 radical (unpaired) electrons. The molecule has 6 rings (SSSR count). The molecule has 182 valence electrons. The van der Waals surface area contributed by atoms with E-state index in [1.54, 1.807) is 12.1 Å². The van der Waals surface area contributed by atoms with E-state index in [-0.39, 0.29) is 36.5 Å². The summed E-state index contributed by atoms with van der Waals surface area (Å²) in [6.45, 7) is 2.91. The van der Waals surface area contributed by atoms with Crippen molar-refractivity contribution in [2.24, 2.45) is 0 Å². The number of aromatic nitrogens is 2. The van der Waals surface area contributed by atoms with Crippen LogP contribution in [0.15, 0.2) is 54.9 Å². The van der Waals surface area contributed by atoms with E-state index in [4.69, 9.17) is 0 Å². The van der Waals surface area contributed by atoms with E-state index in [1.165, 1.54) is 16.5 Å². The summed E-state index contributed by atoms with van der Waals surface area (Å²) in [7, 11) is 0. The van der Waals surface area contributed by atoms with E-state index in [1.807, 2.05) is 36.7 Å². The second kappa shape index (κ2) is 9.47. The van der Waals surface area contributed by atoms with Crippen molar-refractivity contribution in [3.05, 3.63) is 71.8 Å². The lowest BCUT2D eigenvalue weighted by atomic mass is 9.89. The Hall–Kier alpha value is -3.16. The molecule has 0 saturated carbocycles. The zero-order chi connectivity index (χ0) is 23.2. The number of piperidine rings is 1. The maximum atomic E-state index is 13.7. The number of fused-ring (bicyclic) bond motifs is 2. The van der Waals surface area contributed by atoms with Crippen LogP contribution < -0.4 is 0 Å².